The van der Waals surface area contributed by atoms with E-state index in [-0.39, 0.29) is 18.1 Å². The largest absolute Gasteiger partial charge is 0.299 e. The van der Waals surface area contributed by atoms with Crippen molar-refractivity contribution in [2.24, 2.45) is 5.92 Å². The maximum atomic E-state index is 13.4. The van der Waals surface area contributed by atoms with Crippen molar-refractivity contribution in [2.45, 2.75) is 49.0 Å². The number of halogens is 1. The van der Waals surface area contributed by atoms with Crippen LogP contribution < -0.4 is 0 Å². The van der Waals surface area contributed by atoms with Gasteiger partial charge in [0, 0.05) is 12.3 Å². The van der Waals surface area contributed by atoms with Gasteiger partial charge in [0.15, 0.2) is 9.84 Å². The molecule has 2 aliphatic rings. The minimum absolute atomic E-state index is 0.00912. The van der Waals surface area contributed by atoms with E-state index < -0.39 is 26.2 Å². The first-order valence-electron chi connectivity index (χ1n) is 7.85. The first kappa shape index (κ1) is 16.1. The Kier molecular flexibility index (Phi) is 4.24. The van der Waals surface area contributed by atoms with Crippen molar-refractivity contribution in [3.63, 3.8) is 0 Å². The summed E-state index contributed by atoms with van der Waals surface area (Å²) in [4.78, 5) is 12.6. The molecule has 0 spiro atoms. The van der Waals surface area contributed by atoms with Gasteiger partial charge in [-0.05, 0) is 49.4 Å². The second kappa shape index (κ2) is 6.04. The predicted molar refractivity (Wildman–Crippen MR) is 82.9 cm³/mol. The van der Waals surface area contributed by atoms with Gasteiger partial charge in [0.2, 0.25) is 0 Å². The van der Waals surface area contributed by atoms with Crippen LogP contribution in [0.25, 0.3) is 0 Å². The molecule has 4 nitrogen and oxygen atoms in total. The number of nitrogens with zero attached hydrogens (tertiary/aromatic N) is 1. The number of Topliss-reactive ketones (excluding diaryl/α,β-unsaturated/α-hetero) is 1. The Bertz CT molecular complexity index is 762. The summed E-state index contributed by atoms with van der Waals surface area (Å²) in [7, 11) is -3.09. The van der Waals surface area contributed by atoms with Crippen molar-refractivity contribution in [3.05, 3.63) is 35.1 Å². The molecule has 0 aliphatic carbocycles. The molecule has 3 rings (SSSR count). The average molecular weight is 335 g/mol. The molecule has 0 N–H and O–H groups in total. The first-order chi connectivity index (χ1) is 10.9. The number of rotatable bonds is 3. The first-order valence-corrected chi connectivity index (χ1v) is 9.46. The lowest BCUT2D eigenvalue weighted by atomic mass is 9.84. The molecule has 23 heavy (non-hydrogen) atoms. The van der Waals surface area contributed by atoms with Gasteiger partial charge < -0.3 is 0 Å². The number of ketones is 1. The number of carbonyl (C=O) groups is 1. The van der Waals surface area contributed by atoms with Gasteiger partial charge in [-0.1, -0.05) is 6.42 Å². The van der Waals surface area contributed by atoms with Crippen LogP contribution in [-0.4, -0.2) is 24.7 Å². The van der Waals surface area contributed by atoms with Crippen molar-refractivity contribution in [1.82, 2.24) is 0 Å². The third-order valence-corrected chi connectivity index (χ3v) is 7.80. The Morgan fingerprint density at radius 2 is 1.91 bits per heavy atom. The molecule has 2 bridgehead atoms. The Balaban J connectivity index is 1.78. The van der Waals surface area contributed by atoms with Gasteiger partial charge in [0.1, 0.15) is 11.6 Å². The molecule has 122 valence electrons. The normalized spacial score (nSPS) is 28.8. The Morgan fingerprint density at radius 3 is 2.52 bits per heavy atom. The van der Waals surface area contributed by atoms with E-state index in [2.05, 4.69) is 0 Å². The van der Waals surface area contributed by atoms with Crippen molar-refractivity contribution >= 4 is 15.6 Å². The van der Waals surface area contributed by atoms with Gasteiger partial charge in [0.25, 0.3) is 0 Å². The van der Waals surface area contributed by atoms with Crippen LogP contribution in [0.15, 0.2) is 18.2 Å². The molecule has 0 aromatic heterocycles. The zero-order valence-corrected chi connectivity index (χ0v) is 13.5. The van der Waals surface area contributed by atoms with Crippen molar-refractivity contribution in [3.8, 4) is 6.07 Å². The molecule has 2 aliphatic heterocycles. The third kappa shape index (κ3) is 3.02. The Labute approximate surface area is 135 Å². The maximum Gasteiger partial charge on any atom is 0.156 e. The van der Waals surface area contributed by atoms with Gasteiger partial charge in [-0.3, -0.25) is 4.79 Å². The summed E-state index contributed by atoms with van der Waals surface area (Å²) in [6, 6.07) is 5.76. The van der Waals surface area contributed by atoms with E-state index in [4.69, 9.17) is 5.26 Å². The second-order valence-electron chi connectivity index (χ2n) is 6.49. The maximum absolute atomic E-state index is 13.4. The highest BCUT2D eigenvalue weighted by molar-refractivity contribution is 7.92. The fourth-order valence-corrected chi connectivity index (χ4v) is 6.36. The van der Waals surface area contributed by atoms with E-state index in [0.29, 0.717) is 36.8 Å². The lowest BCUT2D eigenvalue weighted by molar-refractivity contribution is -0.122. The molecule has 2 atom stereocenters. The van der Waals surface area contributed by atoms with E-state index in [1.54, 1.807) is 0 Å². The zero-order valence-electron chi connectivity index (χ0n) is 12.7. The average Bonchev–Trinajstić information content (AvgIpc) is 2.46. The number of carbonyl (C=O) groups excluding carboxylic acids is 1. The topological polar surface area (TPSA) is 75.0 Å². The predicted octanol–water partition coefficient (Wildman–Crippen LogP) is 2.55. The van der Waals surface area contributed by atoms with Crippen LogP contribution in [0.1, 0.15) is 43.2 Å². The summed E-state index contributed by atoms with van der Waals surface area (Å²) < 4.78 is 37.9. The molecule has 1 aromatic carbocycles. The zero-order chi connectivity index (χ0) is 16.6. The van der Waals surface area contributed by atoms with Crippen LogP contribution in [0.5, 0.6) is 0 Å². The highest BCUT2D eigenvalue weighted by Crippen LogP contribution is 2.40. The molecule has 0 saturated carbocycles. The fourth-order valence-electron chi connectivity index (χ4n) is 3.82. The molecule has 2 fully saturated rings. The minimum Gasteiger partial charge on any atom is -0.299 e. The van der Waals surface area contributed by atoms with Crippen LogP contribution in [0.3, 0.4) is 0 Å². The molecule has 0 radical (unpaired) electrons. The highest BCUT2D eigenvalue weighted by Gasteiger charge is 2.45. The van der Waals surface area contributed by atoms with Gasteiger partial charge in [0.05, 0.1) is 22.1 Å². The monoisotopic (exact) mass is 335 g/mol. The Morgan fingerprint density at radius 1 is 1.26 bits per heavy atom. The minimum atomic E-state index is -3.09. The molecular formula is C17H18FNO3S. The number of fused-ring (bicyclic) bond motifs is 2. The highest BCUT2D eigenvalue weighted by atomic mass is 32.2. The van der Waals surface area contributed by atoms with E-state index in [0.717, 1.165) is 6.42 Å². The van der Waals surface area contributed by atoms with Crippen LogP contribution in [0, 0.1) is 23.1 Å². The van der Waals surface area contributed by atoms with Gasteiger partial charge in [-0.15, -0.1) is 0 Å². The number of nitriles is 1. The molecule has 1 aromatic rings. The summed E-state index contributed by atoms with van der Waals surface area (Å²) in [5, 5.41) is 8.25. The Hall–Kier alpha value is -1.74. The summed E-state index contributed by atoms with van der Waals surface area (Å²) in [6.07, 6.45) is 2.89. The number of sulfone groups is 1. The molecule has 6 heteroatoms. The lowest BCUT2D eigenvalue weighted by Crippen LogP contribution is -2.45. The standard InChI is InChI=1S/C17H18FNO3S/c18-14-5-4-11(10-19)12(6-14)9-17(20)13-7-15-2-1-3-16(8-13)23(15,21)22/h4-6,13,15-16H,1-3,7-9H2. The van der Waals surface area contributed by atoms with Crippen molar-refractivity contribution in [2.75, 3.05) is 0 Å². The van der Waals surface area contributed by atoms with Crippen LogP contribution in [0.2, 0.25) is 0 Å². The van der Waals surface area contributed by atoms with Crippen molar-refractivity contribution < 1.29 is 17.6 Å². The summed E-state index contributed by atoms with van der Waals surface area (Å²) in [5.74, 6) is -0.863. The van der Waals surface area contributed by atoms with E-state index in [1.807, 2.05) is 6.07 Å². The van der Waals surface area contributed by atoms with Crippen molar-refractivity contribution in [1.29, 1.82) is 5.26 Å². The van der Waals surface area contributed by atoms with Crippen LogP contribution >= 0.6 is 0 Å². The second-order valence-corrected chi connectivity index (χ2v) is 9.00. The number of hydrogen-bond donors (Lipinski definition) is 0. The number of hydrogen-bond acceptors (Lipinski definition) is 4. The third-order valence-electron chi connectivity index (χ3n) is 5.08. The molecule has 0 amide bonds. The lowest BCUT2D eigenvalue weighted by Gasteiger charge is -2.38. The number of benzene rings is 1. The smallest absolute Gasteiger partial charge is 0.156 e. The molecular weight excluding hydrogens is 317 g/mol. The fraction of sp³-hybridized carbons (Fsp3) is 0.529. The summed E-state index contributed by atoms with van der Waals surface area (Å²) >= 11 is 0. The quantitative estimate of drug-likeness (QED) is 0.851. The van der Waals surface area contributed by atoms with Crippen LogP contribution in [-0.2, 0) is 21.1 Å². The van der Waals surface area contributed by atoms with E-state index in [1.165, 1.54) is 18.2 Å². The molecule has 2 unspecified atom stereocenters. The van der Waals surface area contributed by atoms with Gasteiger partial charge in [-0.2, -0.15) is 5.26 Å². The van der Waals surface area contributed by atoms with E-state index in [9.17, 15) is 17.6 Å². The summed E-state index contributed by atoms with van der Waals surface area (Å²) in [5.41, 5.74) is 0.680. The van der Waals surface area contributed by atoms with Gasteiger partial charge >= 0.3 is 0 Å². The molecule has 2 saturated heterocycles. The van der Waals surface area contributed by atoms with E-state index >= 15 is 0 Å². The van der Waals surface area contributed by atoms with Gasteiger partial charge in [-0.25, -0.2) is 12.8 Å². The molecule has 2 heterocycles. The van der Waals surface area contributed by atoms with Crippen LogP contribution in [0.4, 0.5) is 4.39 Å². The summed E-state index contributed by atoms with van der Waals surface area (Å²) in [6.45, 7) is 0. The SMILES string of the molecule is N#Cc1ccc(F)cc1CC(=O)C1CC2CCCC(C1)S2(=O)=O.